The standard InChI is InChI=1S/C35H43N5O3/c1-39(2)32(41)29-22-35(30-15-6-5-14-28(29)30)16-19-40(20-17-35)33(42)31(38-34(43)37-26-12-8-18-36-23-26)21-25-11-7-10-24-9-3-4-13-27(24)25/h3-7,9-11,13-15,26,29,31,36H,8,12,16-23H2,1-2H3,(H2,37,38,43)/t26-,29-,31-/m1/s1. The predicted octanol–water partition coefficient (Wildman–Crippen LogP) is 3.94. The Hall–Kier alpha value is -3.91. The van der Waals surface area contributed by atoms with Crippen LogP contribution in [0.4, 0.5) is 4.79 Å². The highest BCUT2D eigenvalue weighted by atomic mass is 16.2. The van der Waals surface area contributed by atoms with Crippen molar-refractivity contribution in [2.24, 2.45) is 0 Å². The fraction of sp³-hybridized carbons (Fsp3) is 0.457. The van der Waals surface area contributed by atoms with Crippen LogP contribution in [0, 0.1) is 0 Å². The number of nitrogens with zero attached hydrogens (tertiary/aromatic N) is 2. The molecule has 2 heterocycles. The van der Waals surface area contributed by atoms with Crippen molar-refractivity contribution in [2.75, 3.05) is 40.3 Å². The summed E-state index contributed by atoms with van der Waals surface area (Å²) < 4.78 is 0. The Morgan fingerprint density at radius 1 is 1.00 bits per heavy atom. The van der Waals surface area contributed by atoms with E-state index in [1.165, 1.54) is 5.56 Å². The van der Waals surface area contributed by atoms with E-state index in [4.69, 9.17) is 0 Å². The van der Waals surface area contributed by atoms with Gasteiger partial charge in [0.1, 0.15) is 6.04 Å². The molecule has 2 aliphatic heterocycles. The van der Waals surface area contributed by atoms with Crippen LogP contribution in [0.1, 0.15) is 54.7 Å². The summed E-state index contributed by atoms with van der Waals surface area (Å²) in [5, 5.41) is 11.7. The van der Waals surface area contributed by atoms with Crippen molar-refractivity contribution in [3.63, 3.8) is 0 Å². The zero-order chi connectivity index (χ0) is 30.0. The van der Waals surface area contributed by atoms with Crippen molar-refractivity contribution < 1.29 is 14.4 Å². The summed E-state index contributed by atoms with van der Waals surface area (Å²) in [6, 6.07) is 21.7. The number of carbonyl (C=O) groups excluding carboxylic acids is 3. The van der Waals surface area contributed by atoms with Gasteiger partial charge in [-0.1, -0.05) is 66.7 Å². The highest BCUT2D eigenvalue weighted by molar-refractivity contribution is 5.90. The van der Waals surface area contributed by atoms with Gasteiger partial charge in [-0.15, -0.1) is 0 Å². The third-order valence-corrected chi connectivity index (χ3v) is 9.81. The third kappa shape index (κ3) is 5.98. The van der Waals surface area contributed by atoms with Crippen LogP contribution in [-0.4, -0.2) is 80.0 Å². The molecule has 0 unspecified atom stereocenters. The summed E-state index contributed by atoms with van der Waals surface area (Å²) in [5.41, 5.74) is 3.31. The molecular formula is C35H43N5O3. The van der Waals surface area contributed by atoms with Gasteiger partial charge in [-0.05, 0) is 66.1 Å². The first-order valence-corrected chi connectivity index (χ1v) is 15.7. The molecule has 0 aromatic heterocycles. The number of piperidine rings is 2. The number of amides is 4. The number of likely N-dealkylation sites (tertiary alicyclic amines) is 1. The van der Waals surface area contributed by atoms with Gasteiger partial charge in [0.2, 0.25) is 11.8 Å². The van der Waals surface area contributed by atoms with Crippen molar-refractivity contribution in [2.45, 2.75) is 61.9 Å². The van der Waals surface area contributed by atoms with E-state index in [0.29, 0.717) is 19.5 Å². The Labute approximate surface area is 254 Å². The number of fused-ring (bicyclic) bond motifs is 3. The van der Waals surface area contributed by atoms with Crippen molar-refractivity contribution >= 4 is 28.6 Å². The second-order valence-electron chi connectivity index (χ2n) is 12.7. The molecule has 2 fully saturated rings. The van der Waals surface area contributed by atoms with Gasteiger partial charge in [-0.3, -0.25) is 9.59 Å². The lowest BCUT2D eigenvalue weighted by Crippen LogP contribution is -2.57. The van der Waals surface area contributed by atoms with Gasteiger partial charge in [0.05, 0.1) is 5.92 Å². The van der Waals surface area contributed by atoms with E-state index in [1.54, 1.807) is 4.90 Å². The monoisotopic (exact) mass is 581 g/mol. The number of hydrogen-bond donors (Lipinski definition) is 3. The van der Waals surface area contributed by atoms with Crippen LogP contribution in [0.3, 0.4) is 0 Å². The van der Waals surface area contributed by atoms with Crippen LogP contribution in [0.25, 0.3) is 10.8 Å². The molecule has 3 atom stereocenters. The lowest BCUT2D eigenvalue weighted by Gasteiger charge is -2.41. The van der Waals surface area contributed by atoms with Gasteiger partial charge in [0.15, 0.2) is 0 Å². The predicted molar refractivity (Wildman–Crippen MR) is 169 cm³/mol. The Bertz CT molecular complexity index is 1480. The number of hydrogen-bond acceptors (Lipinski definition) is 4. The van der Waals surface area contributed by atoms with E-state index in [0.717, 1.165) is 67.1 Å². The summed E-state index contributed by atoms with van der Waals surface area (Å²) in [5.74, 6) is -0.0551. The molecule has 43 heavy (non-hydrogen) atoms. The summed E-state index contributed by atoms with van der Waals surface area (Å²) >= 11 is 0. The van der Waals surface area contributed by atoms with E-state index in [-0.39, 0.29) is 35.2 Å². The largest absolute Gasteiger partial charge is 0.348 e. The fourth-order valence-corrected chi connectivity index (χ4v) is 7.53. The van der Waals surface area contributed by atoms with Gasteiger partial charge in [0, 0.05) is 51.6 Å². The molecule has 226 valence electrons. The molecule has 0 saturated carbocycles. The zero-order valence-electron chi connectivity index (χ0n) is 25.3. The highest BCUT2D eigenvalue weighted by Crippen LogP contribution is 2.52. The van der Waals surface area contributed by atoms with Crippen LogP contribution in [0.2, 0.25) is 0 Å². The molecule has 3 aromatic rings. The Kier molecular flexibility index (Phi) is 8.39. The summed E-state index contributed by atoms with van der Waals surface area (Å²) in [7, 11) is 3.64. The first kappa shape index (κ1) is 29.2. The Balaban J connectivity index is 1.20. The first-order valence-electron chi connectivity index (χ1n) is 15.7. The molecule has 0 radical (unpaired) electrons. The van der Waals surface area contributed by atoms with Crippen LogP contribution in [0.5, 0.6) is 0 Å². The maximum absolute atomic E-state index is 14.2. The lowest BCUT2D eigenvalue weighted by atomic mass is 9.73. The molecular weight excluding hydrogens is 538 g/mol. The molecule has 1 spiro atoms. The van der Waals surface area contributed by atoms with Gasteiger partial charge < -0.3 is 25.8 Å². The summed E-state index contributed by atoms with van der Waals surface area (Å²) in [4.78, 5) is 44.1. The molecule has 2 saturated heterocycles. The SMILES string of the molecule is CN(C)C(=O)[C@@H]1CC2(CCN(C(=O)[C@@H](Cc3cccc4ccccc34)NC(=O)N[C@@H]3CCCNC3)CC2)c2ccccc21. The second-order valence-corrected chi connectivity index (χ2v) is 12.7. The molecule has 3 aliphatic rings. The minimum Gasteiger partial charge on any atom is -0.348 e. The van der Waals surface area contributed by atoms with Gasteiger partial charge in [-0.25, -0.2) is 4.79 Å². The van der Waals surface area contributed by atoms with Gasteiger partial charge >= 0.3 is 6.03 Å². The minimum atomic E-state index is -0.685. The molecule has 4 amide bonds. The third-order valence-electron chi connectivity index (χ3n) is 9.81. The maximum atomic E-state index is 14.2. The van der Waals surface area contributed by atoms with Crippen LogP contribution >= 0.6 is 0 Å². The van der Waals surface area contributed by atoms with E-state index >= 15 is 0 Å². The molecule has 6 rings (SSSR count). The smallest absolute Gasteiger partial charge is 0.315 e. The van der Waals surface area contributed by atoms with E-state index < -0.39 is 6.04 Å². The average molecular weight is 582 g/mol. The number of carbonyl (C=O) groups is 3. The number of likely N-dealkylation sites (N-methyl/N-ethyl adjacent to an activating group) is 1. The van der Waals surface area contributed by atoms with Gasteiger partial charge in [-0.2, -0.15) is 0 Å². The normalized spacial score (nSPS) is 21.7. The number of urea groups is 1. The van der Waals surface area contributed by atoms with Crippen LogP contribution in [0.15, 0.2) is 66.7 Å². The summed E-state index contributed by atoms with van der Waals surface area (Å²) in [6.45, 7) is 2.89. The zero-order valence-corrected chi connectivity index (χ0v) is 25.3. The molecule has 8 heteroatoms. The molecule has 3 aromatic carbocycles. The fourth-order valence-electron chi connectivity index (χ4n) is 7.53. The molecule has 0 bridgehead atoms. The average Bonchev–Trinajstić information content (AvgIpc) is 3.34. The Morgan fingerprint density at radius 2 is 1.74 bits per heavy atom. The topological polar surface area (TPSA) is 93.8 Å². The first-order chi connectivity index (χ1) is 20.8. The van der Waals surface area contributed by atoms with E-state index in [2.05, 4.69) is 58.4 Å². The van der Waals surface area contributed by atoms with Crippen LogP contribution < -0.4 is 16.0 Å². The lowest BCUT2D eigenvalue weighted by molar-refractivity contribution is -0.135. The highest BCUT2D eigenvalue weighted by Gasteiger charge is 2.48. The van der Waals surface area contributed by atoms with Crippen molar-refractivity contribution in [3.8, 4) is 0 Å². The number of nitrogens with one attached hydrogen (secondary N) is 3. The molecule has 1 aliphatic carbocycles. The number of benzene rings is 3. The minimum absolute atomic E-state index is 0.0492. The maximum Gasteiger partial charge on any atom is 0.315 e. The van der Waals surface area contributed by atoms with Crippen molar-refractivity contribution in [1.82, 2.24) is 25.8 Å². The van der Waals surface area contributed by atoms with Gasteiger partial charge in [0.25, 0.3) is 0 Å². The molecule has 8 nitrogen and oxygen atoms in total. The van der Waals surface area contributed by atoms with Crippen molar-refractivity contribution in [1.29, 1.82) is 0 Å². The summed E-state index contributed by atoms with van der Waals surface area (Å²) in [6.07, 6.45) is 4.74. The van der Waals surface area contributed by atoms with Crippen molar-refractivity contribution in [3.05, 3.63) is 83.4 Å². The van der Waals surface area contributed by atoms with Crippen LogP contribution in [-0.2, 0) is 21.4 Å². The molecule has 3 N–H and O–H groups in total. The quantitative estimate of drug-likeness (QED) is 0.411. The van der Waals surface area contributed by atoms with E-state index in [1.807, 2.05) is 43.3 Å². The number of rotatable bonds is 6. The Morgan fingerprint density at radius 3 is 2.51 bits per heavy atom. The second kappa shape index (κ2) is 12.4. The van der Waals surface area contributed by atoms with E-state index in [9.17, 15) is 14.4 Å².